The summed E-state index contributed by atoms with van der Waals surface area (Å²) in [6, 6.07) is 0. The molecular weight excluding hydrogens is 234 g/mol. The molecule has 0 atom stereocenters. The number of nitrogens with one attached hydrogen (secondary N) is 1. The smallest absolute Gasteiger partial charge is 0.153 e. The van der Waals surface area contributed by atoms with Gasteiger partial charge in [-0.2, -0.15) is 0 Å². The fraction of sp³-hybridized carbons (Fsp3) is 1.00. The van der Waals surface area contributed by atoms with E-state index in [1.807, 2.05) is 0 Å². The Morgan fingerprint density at radius 3 is 2.40 bits per heavy atom. The molecule has 0 amide bonds. The monoisotopic (exact) mass is 253 g/mol. The van der Waals surface area contributed by atoms with Gasteiger partial charge in [-0.25, -0.2) is 8.42 Å². The highest BCUT2D eigenvalue weighted by Gasteiger charge is 2.41. The maximum atomic E-state index is 11.5. The summed E-state index contributed by atoms with van der Waals surface area (Å²) >= 11 is 5.82. The topological polar surface area (TPSA) is 46.2 Å². The van der Waals surface area contributed by atoms with Gasteiger partial charge in [0.05, 0.1) is 11.0 Å². The lowest BCUT2D eigenvalue weighted by Gasteiger charge is -2.13. The first-order valence-corrected chi connectivity index (χ1v) is 7.65. The molecule has 0 bridgehead atoms. The zero-order chi connectivity index (χ0) is 11.5. The van der Waals surface area contributed by atoms with Crippen LogP contribution in [0.5, 0.6) is 0 Å². The first kappa shape index (κ1) is 13.3. The van der Waals surface area contributed by atoms with Crippen molar-refractivity contribution in [2.45, 2.75) is 31.9 Å². The van der Waals surface area contributed by atoms with E-state index in [0.717, 1.165) is 6.54 Å². The van der Waals surface area contributed by atoms with Gasteiger partial charge in [0.15, 0.2) is 9.84 Å². The van der Waals surface area contributed by atoms with Crippen LogP contribution in [0.25, 0.3) is 0 Å². The molecule has 1 aliphatic carbocycles. The standard InChI is InChI=1S/C10H20ClNO2S/c1-9(2)15(13,14)6-5-12-8-10(7-11)3-4-10/h9,12H,3-8H2,1-2H3. The Hall–Kier alpha value is 0.200. The number of sulfone groups is 1. The zero-order valence-electron chi connectivity index (χ0n) is 9.42. The van der Waals surface area contributed by atoms with Gasteiger partial charge in [0.2, 0.25) is 0 Å². The van der Waals surface area contributed by atoms with Crippen LogP contribution in [-0.4, -0.2) is 38.4 Å². The third-order valence-electron chi connectivity index (χ3n) is 3.02. The van der Waals surface area contributed by atoms with Gasteiger partial charge in [-0.1, -0.05) is 0 Å². The molecule has 0 spiro atoms. The van der Waals surface area contributed by atoms with Crippen LogP contribution in [0.15, 0.2) is 0 Å². The summed E-state index contributed by atoms with van der Waals surface area (Å²) in [6.45, 7) is 4.83. The van der Waals surface area contributed by atoms with E-state index in [9.17, 15) is 8.42 Å². The number of hydrogen-bond donors (Lipinski definition) is 1. The lowest BCUT2D eigenvalue weighted by molar-refractivity contribution is 0.513. The first-order valence-electron chi connectivity index (χ1n) is 5.40. The number of alkyl halides is 1. The molecule has 1 N–H and O–H groups in total. The summed E-state index contributed by atoms with van der Waals surface area (Å²) in [5.74, 6) is 0.903. The molecule has 0 unspecified atom stereocenters. The predicted molar refractivity (Wildman–Crippen MR) is 64.2 cm³/mol. The molecule has 0 saturated heterocycles. The molecule has 15 heavy (non-hydrogen) atoms. The SMILES string of the molecule is CC(C)S(=O)(=O)CCNCC1(CCl)CC1. The van der Waals surface area contributed by atoms with Crippen molar-refractivity contribution in [3.05, 3.63) is 0 Å². The van der Waals surface area contributed by atoms with E-state index in [2.05, 4.69) is 5.32 Å². The zero-order valence-corrected chi connectivity index (χ0v) is 11.0. The van der Waals surface area contributed by atoms with Crippen molar-refractivity contribution in [3.63, 3.8) is 0 Å². The van der Waals surface area contributed by atoms with Gasteiger partial charge < -0.3 is 5.32 Å². The Morgan fingerprint density at radius 1 is 1.40 bits per heavy atom. The Labute approximate surface area is 97.5 Å². The summed E-state index contributed by atoms with van der Waals surface area (Å²) in [5, 5.41) is 2.91. The minimum Gasteiger partial charge on any atom is -0.315 e. The summed E-state index contributed by atoms with van der Waals surface area (Å²) in [7, 11) is -2.90. The summed E-state index contributed by atoms with van der Waals surface area (Å²) in [4.78, 5) is 0. The minimum absolute atomic E-state index is 0.225. The van der Waals surface area contributed by atoms with Crippen LogP contribution in [0, 0.1) is 5.41 Å². The van der Waals surface area contributed by atoms with Gasteiger partial charge in [0.25, 0.3) is 0 Å². The molecule has 0 heterocycles. The fourth-order valence-electron chi connectivity index (χ4n) is 1.34. The van der Waals surface area contributed by atoms with Crippen LogP contribution in [0.1, 0.15) is 26.7 Å². The summed E-state index contributed by atoms with van der Waals surface area (Å²) in [5.41, 5.74) is 0.267. The summed E-state index contributed by atoms with van der Waals surface area (Å²) in [6.07, 6.45) is 2.33. The second-order valence-electron chi connectivity index (χ2n) is 4.73. The third-order valence-corrected chi connectivity index (χ3v) is 5.80. The first-order chi connectivity index (χ1) is 6.92. The van der Waals surface area contributed by atoms with E-state index in [-0.39, 0.29) is 16.4 Å². The molecule has 90 valence electrons. The average molecular weight is 254 g/mol. The lowest BCUT2D eigenvalue weighted by Crippen LogP contribution is -2.31. The van der Waals surface area contributed by atoms with Crippen LogP contribution in [0.2, 0.25) is 0 Å². The van der Waals surface area contributed by atoms with Crippen LogP contribution >= 0.6 is 11.6 Å². The fourth-order valence-corrected chi connectivity index (χ4v) is 2.60. The number of halogens is 1. The van der Waals surface area contributed by atoms with Gasteiger partial charge in [0, 0.05) is 19.0 Å². The van der Waals surface area contributed by atoms with Gasteiger partial charge >= 0.3 is 0 Å². The molecule has 0 radical (unpaired) electrons. The van der Waals surface area contributed by atoms with E-state index in [1.54, 1.807) is 13.8 Å². The van der Waals surface area contributed by atoms with Gasteiger partial charge in [-0.05, 0) is 32.1 Å². The van der Waals surface area contributed by atoms with Crippen molar-refractivity contribution < 1.29 is 8.42 Å². The molecule has 1 rings (SSSR count). The predicted octanol–water partition coefficient (Wildman–Crippen LogP) is 1.42. The molecule has 5 heteroatoms. The van der Waals surface area contributed by atoms with Crippen molar-refractivity contribution in [3.8, 4) is 0 Å². The van der Waals surface area contributed by atoms with Crippen molar-refractivity contribution >= 4 is 21.4 Å². The van der Waals surface area contributed by atoms with Crippen LogP contribution < -0.4 is 5.32 Å². The Kier molecular flexibility index (Phi) is 4.44. The quantitative estimate of drug-likeness (QED) is 0.551. The number of rotatable bonds is 7. The second kappa shape index (κ2) is 5.02. The highest BCUT2D eigenvalue weighted by Crippen LogP contribution is 2.45. The lowest BCUT2D eigenvalue weighted by atomic mass is 10.1. The molecule has 1 aliphatic rings. The molecule has 1 fully saturated rings. The largest absolute Gasteiger partial charge is 0.315 e. The normalized spacial score (nSPS) is 19.5. The minimum atomic E-state index is -2.90. The maximum Gasteiger partial charge on any atom is 0.153 e. The van der Waals surface area contributed by atoms with Gasteiger partial charge in [0.1, 0.15) is 0 Å². The molecule has 0 aromatic rings. The molecular formula is C10H20ClNO2S. The van der Waals surface area contributed by atoms with Gasteiger partial charge in [-0.3, -0.25) is 0 Å². The van der Waals surface area contributed by atoms with E-state index in [1.165, 1.54) is 12.8 Å². The van der Waals surface area contributed by atoms with Crippen LogP contribution in [0.4, 0.5) is 0 Å². The molecule has 3 nitrogen and oxygen atoms in total. The van der Waals surface area contributed by atoms with Crippen LogP contribution in [0.3, 0.4) is 0 Å². The Morgan fingerprint density at radius 2 is 2.00 bits per heavy atom. The van der Waals surface area contributed by atoms with Crippen molar-refractivity contribution in [1.82, 2.24) is 5.32 Å². The second-order valence-corrected chi connectivity index (χ2v) is 7.67. The van der Waals surface area contributed by atoms with Crippen molar-refractivity contribution in [2.75, 3.05) is 24.7 Å². The van der Waals surface area contributed by atoms with E-state index < -0.39 is 9.84 Å². The van der Waals surface area contributed by atoms with E-state index >= 15 is 0 Å². The van der Waals surface area contributed by atoms with Crippen molar-refractivity contribution in [1.29, 1.82) is 0 Å². The molecule has 0 aromatic heterocycles. The third kappa shape index (κ3) is 3.93. The van der Waals surface area contributed by atoms with Gasteiger partial charge in [-0.15, -0.1) is 11.6 Å². The van der Waals surface area contributed by atoms with Crippen molar-refractivity contribution in [2.24, 2.45) is 5.41 Å². The van der Waals surface area contributed by atoms with E-state index in [0.29, 0.717) is 12.4 Å². The Balaban J connectivity index is 2.17. The molecule has 0 aromatic carbocycles. The highest BCUT2D eigenvalue weighted by molar-refractivity contribution is 7.92. The van der Waals surface area contributed by atoms with Crippen LogP contribution in [-0.2, 0) is 9.84 Å². The Bertz CT molecular complexity index is 297. The molecule has 0 aliphatic heterocycles. The van der Waals surface area contributed by atoms with E-state index in [4.69, 9.17) is 11.6 Å². The highest BCUT2D eigenvalue weighted by atomic mass is 35.5. The summed E-state index contributed by atoms with van der Waals surface area (Å²) < 4.78 is 22.9. The maximum absolute atomic E-state index is 11.5. The molecule has 1 saturated carbocycles. The average Bonchev–Trinajstić information content (AvgIpc) is 2.93. The number of hydrogen-bond acceptors (Lipinski definition) is 3.